The van der Waals surface area contributed by atoms with Crippen molar-refractivity contribution in [2.75, 3.05) is 5.88 Å². The van der Waals surface area contributed by atoms with Gasteiger partial charge in [-0.1, -0.05) is 34.9 Å². The summed E-state index contributed by atoms with van der Waals surface area (Å²) in [7, 11) is 0. The van der Waals surface area contributed by atoms with E-state index < -0.39 is 0 Å². The quantitative estimate of drug-likeness (QED) is 0.265. The van der Waals surface area contributed by atoms with Crippen molar-refractivity contribution in [2.45, 2.75) is 71.5 Å². The maximum Gasteiger partial charge on any atom is 0.148 e. The average Bonchev–Trinajstić information content (AvgIpc) is 2.44. The predicted octanol–water partition coefficient (Wildman–Crippen LogP) is 6.29. The first-order valence-electron chi connectivity index (χ1n) is 8.05. The van der Waals surface area contributed by atoms with E-state index in [0.29, 0.717) is 6.42 Å². The fourth-order valence-corrected chi connectivity index (χ4v) is 2.49. The third-order valence-corrected chi connectivity index (χ3v) is 4.16. The van der Waals surface area contributed by atoms with Crippen LogP contribution in [0.3, 0.4) is 0 Å². The Morgan fingerprint density at radius 1 is 1.00 bits per heavy atom. The molecule has 0 fully saturated rings. The molecule has 3 heteroatoms. The second-order valence-corrected chi connectivity index (χ2v) is 7.22. The lowest BCUT2D eigenvalue weighted by Gasteiger charge is -2.07. The molecule has 0 spiro atoms. The lowest BCUT2D eigenvalue weighted by molar-refractivity contribution is -0.116. The van der Waals surface area contributed by atoms with Gasteiger partial charge in [0, 0.05) is 11.7 Å². The van der Waals surface area contributed by atoms with Crippen molar-refractivity contribution >= 4 is 30.0 Å². The molecule has 22 heavy (non-hydrogen) atoms. The molecule has 0 aliphatic rings. The molecule has 0 aliphatic heterocycles. The third kappa shape index (κ3) is 13.2. The minimum absolute atomic E-state index is 0.0719. The van der Waals surface area contributed by atoms with E-state index >= 15 is 0 Å². The Balaban J connectivity index is 4.00. The molecule has 1 nitrogen and oxygen atoms in total. The average molecular weight is 343 g/mol. The summed E-state index contributed by atoms with van der Waals surface area (Å²) < 4.78 is 0. The van der Waals surface area contributed by atoms with E-state index in [1.807, 2.05) is 0 Å². The van der Waals surface area contributed by atoms with Crippen molar-refractivity contribution in [3.63, 3.8) is 0 Å². The summed E-state index contributed by atoms with van der Waals surface area (Å²) in [6.07, 6.45) is 12.6. The fourth-order valence-electron chi connectivity index (χ4n) is 2.08. The molecule has 126 valence electrons. The molecule has 1 atom stereocenters. The largest absolute Gasteiger partial charge is 0.298 e. The molecule has 0 saturated carbocycles. The molecule has 0 bridgehead atoms. The first-order valence-corrected chi connectivity index (χ1v) is 9.10. The molecule has 0 rings (SSSR count). The van der Waals surface area contributed by atoms with Crippen LogP contribution < -0.4 is 0 Å². The summed E-state index contributed by atoms with van der Waals surface area (Å²) in [4.78, 5) is 11.2. The van der Waals surface area contributed by atoms with Crippen LogP contribution in [0.5, 0.6) is 0 Å². The highest BCUT2D eigenvalue weighted by Crippen LogP contribution is 2.14. The maximum absolute atomic E-state index is 11.2. The summed E-state index contributed by atoms with van der Waals surface area (Å²) in [5, 5.41) is 0.0857. The zero-order chi connectivity index (χ0) is 17.0. The van der Waals surface area contributed by atoms with E-state index in [1.54, 1.807) is 0 Å². The monoisotopic (exact) mass is 342 g/mol. The SMILES string of the molecule is CC(C)=CCCC(C)=CCCC(C)=CCC(S)CC(=O)CCl. The highest BCUT2D eigenvalue weighted by molar-refractivity contribution is 7.81. The Hall–Kier alpha value is -0.470. The standard InChI is InChI=1S/C19H31ClOS/c1-15(2)7-5-8-16(3)9-6-10-17(4)11-12-19(22)13-18(21)14-20/h7,9,11,19,22H,5-6,8,10,12-14H2,1-4H3. The highest BCUT2D eigenvalue weighted by Gasteiger charge is 2.07. The molecule has 1 unspecified atom stereocenters. The zero-order valence-corrected chi connectivity index (χ0v) is 16.1. The summed E-state index contributed by atoms with van der Waals surface area (Å²) in [5.74, 6) is 0.166. The molecule has 0 N–H and O–H groups in total. The lowest BCUT2D eigenvalue weighted by Crippen LogP contribution is -2.08. The number of hydrogen-bond acceptors (Lipinski definition) is 2. The Bertz CT molecular complexity index is 417. The van der Waals surface area contributed by atoms with Crippen molar-refractivity contribution in [1.29, 1.82) is 0 Å². The van der Waals surface area contributed by atoms with Gasteiger partial charge in [-0.05, 0) is 59.8 Å². The van der Waals surface area contributed by atoms with E-state index in [2.05, 4.69) is 58.6 Å². The van der Waals surface area contributed by atoms with E-state index in [-0.39, 0.29) is 16.9 Å². The molecular formula is C19H31ClOS. The van der Waals surface area contributed by atoms with Crippen LogP contribution >= 0.6 is 24.2 Å². The molecule has 0 amide bonds. The minimum Gasteiger partial charge on any atom is -0.298 e. The molecule has 0 aromatic heterocycles. The van der Waals surface area contributed by atoms with E-state index in [9.17, 15) is 4.79 Å². The van der Waals surface area contributed by atoms with Crippen molar-refractivity contribution in [3.05, 3.63) is 34.9 Å². The van der Waals surface area contributed by atoms with E-state index in [0.717, 1.165) is 32.1 Å². The number of halogens is 1. The topological polar surface area (TPSA) is 17.1 Å². The van der Waals surface area contributed by atoms with E-state index in [1.165, 1.54) is 16.7 Å². The van der Waals surface area contributed by atoms with Gasteiger partial charge in [0.2, 0.25) is 0 Å². The molecule has 0 aliphatic carbocycles. The number of carbonyl (C=O) groups excluding carboxylic acids is 1. The number of hydrogen-bond donors (Lipinski definition) is 1. The van der Waals surface area contributed by atoms with Gasteiger partial charge in [0.1, 0.15) is 5.78 Å². The number of allylic oxidation sites excluding steroid dienone is 6. The van der Waals surface area contributed by atoms with Gasteiger partial charge in [0.05, 0.1) is 5.88 Å². The Morgan fingerprint density at radius 2 is 1.55 bits per heavy atom. The number of Topliss-reactive ketones (excluding diaryl/α,β-unsaturated/α-hetero) is 1. The predicted molar refractivity (Wildman–Crippen MR) is 103 cm³/mol. The molecular weight excluding hydrogens is 312 g/mol. The number of thiol groups is 1. The van der Waals surface area contributed by atoms with Crippen molar-refractivity contribution in [1.82, 2.24) is 0 Å². The van der Waals surface area contributed by atoms with Crippen LogP contribution in [0.2, 0.25) is 0 Å². The van der Waals surface area contributed by atoms with E-state index in [4.69, 9.17) is 11.6 Å². The van der Waals surface area contributed by atoms with Gasteiger partial charge < -0.3 is 0 Å². The van der Waals surface area contributed by atoms with Crippen LogP contribution in [0, 0.1) is 0 Å². The second-order valence-electron chi connectivity index (χ2n) is 6.23. The number of alkyl halides is 1. The van der Waals surface area contributed by atoms with Crippen molar-refractivity contribution in [2.24, 2.45) is 0 Å². The van der Waals surface area contributed by atoms with Gasteiger partial charge in [-0.15, -0.1) is 11.6 Å². The van der Waals surface area contributed by atoms with Gasteiger partial charge in [-0.2, -0.15) is 12.6 Å². The van der Waals surface area contributed by atoms with Crippen molar-refractivity contribution in [3.8, 4) is 0 Å². The van der Waals surface area contributed by atoms with Gasteiger partial charge in [0.25, 0.3) is 0 Å². The molecule has 0 aromatic rings. The molecule has 0 radical (unpaired) electrons. The van der Waals surface area contributed by atoms with Crippen LogP contribution in [0.25, 0.3) is 0 Å². The zero-order valence-electron chi connectivity index (χ0n) is 14.5. The Morgan fingerprint density at radius 3 is 2.09 bits per heavy atom. The first-order chi connectivity index (χ1) is 10.3. The highest BCUT2D eigenvalue weighted by atomic mass is 35.5. The van der Waals surface area contributed by atoms with Gasteiger partial charge in [-0.25, -0.2) is 0 Å². The van der Waals surface area contributed by atoms with Crippen LogP contribution in [0.15, 0.2) is 34.9 Å². The van der Waals surface area contributed by atoms with Gasteiger partial charge in [0.15, 0.2) is 0 Å². The number of rotatable bonds is 11. The first kappa shape index (κ1) is 21.5. The van der Waals surface area contributed by atoms with Crippen molar-refractivity contribution < 1.29 is 4.79 Å². The summed E-state index contributed by atoms with van der Waals surface area (Å²) in [6, 6.07) is 0. The summed E-state index contributed by atoms with van der Waals surface area (Å²) in [5.41, 5.74) is 4.22. The van der Waals surface area contributed by atoms with Gasteiger partial charge in [-0.3, -0.25) is 4.79 Å². The summed E-state index contributed by atoms with van der Waals surface area (Å²) in [6.45, 7) is 8.64. The van der Waals surface area contributed by atoms with Crippen LogP contribution in [-0.4, -0.2) is 16.9 Å². The lowest BCUT2D eigenvalue weighted by atomic mass is 10.0. The van der Waals surface area contributed by atoms with Crippen LogP contribution in [0.4, 0.5) is 0 Å². The maximum atomic E-state index is 11.2. The fraction of sp³-hybridized carbons (Fsp3) is 0.632. The minimum atomic E-state index is 0.0719. The molecule has 0 aromatic carbocycles. The number of carbonyl (C=O) groups is 1. The normalized spacial score (nSPS) is 13.9. The molecule has 0 heterocycles. The number of ketones is 1. The van der Waals surface area contributed by atoms with Crippen LogP contribution in [-0.2, 0) is 4.79 Å². The second kappa shape index (κ2) is 13.0. The van der Waals surface area contributed by atoms with Crippen LogP contribution in [0.1, 0.15) is 66.2 Å². The van der Waals surface area contributed by atoms with Gasteiger partial charge >= 0.3 is 0 Å². The smallest absolute Gasteiger partial charge is 0.148 e. The third-order valence-electron chi connectivity index (χ3n) is 3.47. The Kier molecular flexibility index (Phi) is 12.7. The Labute approximate surface area is 147 Å². The summed E-state index contributed by atoms with van der Waals surface area (Å²) >= 11 is 9.94. The molecule has 0 saturated heterocycles.